The molecule has 7 heterocycles. The highest BCUT2D eigenvalue weighted by Crippen LogP contribution is 2.39. The molecule has 0 radical (unpaired) electrons. The summed E-state index contributed by atoms with van der Waals surface area (Å²) in [7, 11) is 2.63. The van der Waals surface area contributed by atoms with Gasteiger partial charge in [-0.15, -0.1) is 0 Å². The molecule has 2 aromatic carbocycles. The Kier molecular flexibility index (Phi) is 13.3. The molecule has 342 valence electrons. The van der Waals surface area contributed by atoms with E-state index in [2.05, 4.69) is 31.0 Å². The Morgan fingerprint density at radius 3 is 1.87 bits per heavy atom. The van der Waals surface area contributed by atoms with E-state index in [-0.39, 0.29) is 35.1 Å². The molecule has 5 aromatic heterocycles. The van der Waals surface area contributed by atoms with Crippen molar-refractivity contribution in [3.63, 3.8) is 0 Å². The van der Waals surface area contributed by atoms with Gasteiger partial charge in [0.15, 0.2) is 0 Å². The summed E-state index contributed by atoms with van der Waals surface area (Å²) in [4.78, 5) is 58.8. The SMILES string of the molecule is CCC(=O)N1CCC(Oc2ccc3nccc(-c4cnc(OC)c(C#N)c4)c3c2)C1.COc1ncc(-c2ccnc3ccc(OC4CCN(C(=O)c5ccc(=O)[nH]c5)C4)cc23)cc1C(F)(F)F. The van der Waals surface area contributed by atoms with Crippen molar-refractivity contribution in [2.75, 3.05) is 40.4 Å². The van der Waals surface area contributed by atoms with E-state index in [9.17, 15) is 32.8 Å². The van der Waals surface area contributed by atoms with E-state index in [1.165, 1.54) is 37.8 Å². The molecule has 2 aliphatic rings. The monoisotopic (exact) mass is 912 g/mol. The predicted octanol–water partition coefficient (Wildman–Crippen LogP) is 7.87. The molecule has 2 saturated heterocycles. The van der Waals surface area contributed by atoms with Crippen LogP contribution in [0.3, 0.4) is 0 Å². The Morgan fingerprint density at radius 2 is 1.33 bits per heavy atom. The maximum absolute atomic E-state index is 13.6. The van der Waals surface area contributed by atoms with Crippen molar-refractivity contribution in [3.05, 3.63) is 131 Å². The molecular weight excluding hydrogens is 870 g/mol. The second kappa shape index (κ2) is 19.6. The summed E-state index contributed by atoms with van der Waals surface area (Å²) in [6.45, 7) is 4.05. The minimum atomic E-state index is -4.63. The number of amides is 2. The third-order valence-electron chi connectivity index (χ3n) is 11.4. The van der Waals surface area contributed by atoms with E-state index >= 15 is 0 Å². The zero-order valence-electron chi connectivity index (χ0n) is 36.5. The molecule has 18 heteroatoms. The van der Waals surface area contributed by atoms with Gasteiger partial charge in [0, 0.05) is 91.3 Å². The quantitative estimate of drug-likeness (QED) is 0.140. The number of rotatable bonds is 10. The van der Waals surface area contributed by atoms with Crippen LogP contribution in [0.25, 0.3) is 44.1 Å². The average molecular weight is 913 g/mol. The highest BCUT2D eigenvalue weighted by molar-refractivity contribution is 5.96. The molecule has 2 aliphatic heterocycles. The van der Waals surface area contributed by atoms with E-state index in [1.807, 2.05) is 36.1 Å². The van der Waals surface area contributed by atoms with E-state index in [4.69, 9.17) is 18.9 Å². The van der Waals surface area contributed by atoms with Gasteiger partial charge in [0.2, 0.25) is 23.2 Å². The van der Waals surface area contributed by atoms with Crippen LogP contribution in [0, 0.1) is 11.3 Å². The number of nitrogens with one attached hydrogen (secondary N) is 1. The van der Waals surface area contributed by atoms with Gasteiger partial charge >= 0.3 is 6.18 Å². The lowest BCUT2D eigenvalue weighted by molar-refractivity contribution is -0.139. The zero-order chi connectivity index (χ0) is 47.2. The summed E-state index contributed by atoms with van der Waals surface area (Å²) in [5.74, 6) is 0.986. The normalized spacial score (nSPS) is 15.7. The number of H-pyrrole nitrogens is 1. The van der Waals surface area contributed by atoms with E-state index in [0.29, 0.717) is 71.7 Å². The number of ether oxygens (including phenoxy) is 4. The molecular formula is C49H43F3N8O7. The van der Waals surface area contributed by atoms with Gasteiger partial charge in [-0.1, -0.05) is 6.92 Å². The van der Waals surface area contributed by atoms with Crippen LogP contribution in [0.1, 0.15) is 47.7 Å². The van der Waals surface area contributed by atoms with Gasteiger partial charge < -0.3 is 33.7 Å². The molecule has 0 bridgehead atoms. The fourth-order valence-corrected chi connectivity index (χ4v) is 8.10. The summed E-state index contributed by atoms with van der Waals surface area (Å²) in [6.07, 6.45) is 4.66. The molecule has 1 N–H and O–H groups in total. The number of pyridine rings is 5. The van der Waals surface area contributed by atoms with Gasteiger partial charge in [0.05, 0.1) is 43.9 Å². The largest absolute Gasteiger partial charge is 0.488 e. The third kappa shape index (κ3) is 10.1. The van der Waals surface area contributed by atoms with Crippen LogP contribution in [-0.4, -0.2) is 99.1 Å². The number of nitriles is 1. The Balaban J connectivity index is 0.000000186. The van der Waals surface area contributed by atoms with Crippen molar-refractivity contribution < 1.29 is 41.7 Å². The number of likely N-dealkylation sites (tertiary alicyclic amines) is 2. The summed E-state index contributed by atoms with van der Waals surface area (Å²) in [5.41, 5.74) is 3.38. The fraction of sp³-hybridized carbons (Fsp3) is 0.265. The minimum absolute atomic E-state index is 0.0223. The van der Waals surface area contributed by atoms with Gasteiger partial charge in [0.25, 0.3) is 5.91 Å². The number of methoxy groups -OCH3 is 2. The topological polar surface area (TPSA) is 186 Å². The smallest absolute Gasteiger partial charge is 0.421 e. The summed E-state index contributed by atoms with van der Waals surface area (Å²) < 4.78 is 62.9. The van der Waals surface area contributed by atoms with Crippen LogP contribution >= 0.6 is 0 Å². The second-order valence-electron chi connectivity index (χ2n) is 15.7. The number of alkyl halides is 3. The number of aromatic amines is 1. The Hall–Kier alpha value is -8.07. The van der Waals surface area contributed by atoms with Crippen LogP contribution < -0.4 is 24.5 Å². The van der Waals surface area contributed by atoms with Crippen molar-refractivity contribution in [2.24, 2.45) is 0 Å². The first-order chi connectivity index (χ1) is 32.3. The molecule has 9 rings (SSSR count). The van der Waals surface area contributed by atoms with Crippen LogP contribution in [-0.2, 0) is 11.0 Å². The molecule has 2 amide bonds. The van der Waals surface area contributed by atoms with Crippen LogP contribution in [0.4, 0.5) is 13.2 Å². The molecule has 67 heavy (non-hydrogen) atoms. The number of carbonyl (C=O) groups excluding carboxylic acids is 2. The van der Waals surface area contributed by atoms with Crippen molar-refractivity contribution in [1.82, 2.24) is 34.7 Å². The lowest BCUT2D eigenvalue weighted by Crippen LogP contribution is -2.31. The van der Waals surface area contributed by atoms with Crippen LogP contribution in [0.2, 0.25) is 0 Å². The predicted molar refractivity (Wildman–Crippen MR) is 241 cm³/mol. The van der Waals surface area contributed by atoms with Crippen molar-refractivity contribution in [1.29, 1.82) is 5.26 Å². The van der Waals surface area contributed by atoms with E-state index in [1.54, 1.807) is 47.6 Å². The maximum Gasteiger partial charge on any atom is 0.421 e. The summed E-state index contributed by atoms with van der Waals surface area (Å²) in [6, 6.07) is 22.1. The first-order valence-electron chi connectivity index (χ1n) is 21.3. The maximum atomic E-state index is 13.6. The number of carbonyl (C=O) groups is 2. The molecule has 0 spiro atoms. The number of fused-ring (bicyclic) bond motifs is 2. The number of nitrogens with zero attached hydrogens (tertiary/aromatic N) is 7. The standard InChI is InChI=1S/C26H21F3N4O4.C23H22N4O3/c1-36-24-21(26(27,28)29)10-16(13-32-24)19-6-8-30-22-4-3-17(11-20(19)22)37-18-7-9-33(14-18)25(35)15-2-5-23(34)31-12-15;1-3-22(28)27-9-7-18(14-27)30-17-4-5-21-20(11-17)19(6-8-25-21)16-10-15(12-24)23(29-2)26-13-16/h2-6,8,10-13,18H,7,9,14H2,1H3,(H,31,34);4-6,8,10-11,13,18H,3,7,9,14H2,1-2H3. The number of halogens is 3. The molecule has 15 nitrogen and oxygen atoms in total. The molecule has 2 unspecified atom stereocenters. The first-order valence-corrected chi connectivity index (χ1v) is 21.3. The Morgan fingerprint density at radius 1 is 0.761 bits per heavy atom. The molecule has 2 atom stereocenters. The van der Waals surface area contributed by atoms with Gasteiger partial charge in [-0.05, 0) is 77.9 Å². The molecule has 0 aliphatic carbocycles. The van der Waals surface area contributed by atoms with Crippen LogP contribution in [0.15, 0.2) is 109 Å². The molecule has 7 aromatic rings. The summed E-state index contributed by atoms with van der Waals surface area (Å²) >= 11 is 0. The van der Waals surface area contributed by atoms with Crippen molar-refractivity contribution in [3.8, 4) is 51.6 Å². The van der Waals surface area contributed by atoms with Gasteiger partial charge in [-0.3, -0.25) is 24.4 Å². The van der Waals surface area contributed by atoms with E-state index < -0.39 is 17.6 Å². The Bertz CT molecular complexity index is 3060. The fourth-order valence-electron chi connectivity index (χ4n) is 8.10. The average Bonchev–Trinajstić information content (AvgIpc) is 4.03. The van der Waals surface area contributed by atoms with Gasteiger partial charge in [-0.2, -0.15) is 18.4 Å². The van der Waals surface area contributed by atoms with Crippen molar-refractivity contribution in [2.45, 2.75) is 44.6 Å². The van der Waals surface area contributed by atoms with Crippen LogP contribution in [0.5, 0.6) is 23.3 Å². The third-order valence-corrected chi connectivity index (χ3v) is 11.4. The molecule has 2 fully saturated rings. The van der Waals surface area contributed by atoms with Crippen molar-refractivity contribution >= 4 is 33.6 Å². The highest BCUT2D eigenvalue weighted by Gasteiger charge is 2.36. The lowest BCUT2D eigenvalue weighted by Gasteiger charge is -2.18. The lowest BCUT2D eigenvalue weighted by atomic mass is 10.0. The summed E-state index contributed by atoms with van der Waals surface area (Å²) in [5, 5.41) is 10.9. The van der Waals surface area contributed by atoms with Gasteiger partial charge in [-0.25, -0.2) is 9.97 Å². The number of benzene rings is 2. The van der Waals surface area contributed by atoms with Gasteiger partial charge in [0.1, 0.15) is 40.9 Å². The second-order valence-corrected chi connectivity index (χ2v) is 15.7. The molecule has 0 saturated carbocycles. The number of hydrogen-bond donors (Lipinski definition) is 1. The zero-order valence-corrected chi connectivity index (χ0v) is 36.5. The Labute approximate surface area is 381 Å². The first kappa shape index (κ1) is 45.5. The minimum Gasteiger partial charge on any atom is -0.488 e. The van der Waals surface area contributed by atoms with E-state index in [0.717, 1.165) is 53.9 Å². The highest BCUT2D eigenvalue weighted by atomic mass is 19.4. The number of aromatic nitrogens is 5. The number of hydrogen-bond acceptors (Lipinski definition) is 12.